The number of nitrogens with zero attached hydrogens (tertiary/aromatic N) is 2. The van der Waals surface area contributed by atoms with Gasteiger partial charge in [0.05, 0.1) is 16.3 Å². The first-order chi connectivity index (χ1) is 12.2. The molecule has 3 nitrogen and oxygen atoms in total. The van der Waals surface area contributed by atoms with Crippen molar-refractivity contribution in [1.82, 2.24) is 0 Å². The van der Waals surface area contributed by atoms with Crippen LogP contribution in [0.1, 0.15) is 22.9 Å². The van der Waals surface area contributed by atoms with Crippen LogP contribution in [0.3, 0.4) is 0 Å². The van der Waals surface area contributed by atoms with Gasteiger partial charge in [0.2, 0.25) is 0 Å². The van der Waals surface area contributed by atoms with Gasteiger partial charge < -0.3 is 5.32 Å². The maximum Gasteiger partial charge on any atom is 0.172 e. The van der Waals surface area contributed by atoms with Crippen molar-refractivity contribution in [2.24, 2.45) is 9.98 Å². The molecule has 3 aromatic rings. The summed E-state index contributed by atoms with van der Waals surface area (Å²) in [4.78, 5) is 10.7. The number of anilines is 1. The monoisotopic (exact) mass is 365 g/mol. The van der Waals surface area contributed by atoms with Gasteiger partial charge in [0.25, 0.3) is 0 Å². The molecule has 124 valence electrons. The summed E-state index contributed by atoms with van der Waals surface area (Å²) in [5.74, 6) is 1.49. The van der Waals surface area contributed by atoms with E-state index >= 15 is 0 Å². The summed E-state index contributed by atoms with van der Waals surface area (Å²) in [5.41, 5.74) is 4.10. The molecule has 0 amide bonds. The summed E-state index contributed by atoms with van der Waals surface area (Å²) in [6, 6.07) is 18.0. The number of fused-ring (bicyclic) bond motifs is 1. The van der Waals surface area contributed by atoms with E-state index in [0.717, 1.165) is 39.9 Å². The molecule has 0 unspecified atom stereocenters. The largest absolute Gasteiger partial charge is 0.338 e. The van der Waals surface area contributed by atoms with Gasteiger partial charge in [-0.15, -0.1) is 11.3 Å². The van der Waals surface area contributed by atoms with Gasteiger partial charge in [-0.05, 0) is 59.8 Å². The number of nitrogens with one attached hydrogen (secondary N) is 1. The molecule has 1 aliphatic heterocycles. The van der Waals surface area contributed by atoms with Crippen molar-refractivity contribution >= 4 is 46.0 Å². The number of benzene rings is 2. The number of hydrogen-bond donors (Lipinski definition) is 1. The number of hydrogen-bond acceptors (Lipinski definition) is 4. The zero-order valence-corrected chi connectivity index (χ0v) is 15.2. The number of amidine groups is 2. The third-order valence-electron chi connectivity index (χ3n) is 4.03. The van der Waals surface area contributed by atoms with Crippen LogP contribution >= 0.6 is 22.9 Å². The van der Waals surface area contributed by atoms with Gasteiger partial charge in [0.1, 0.15) is 5.84 Å². The lowest BCUT2D eigenvalue weighted by Crippen LogP contribution is -2.14. The normalized spacial score (nSPS) is 13.4. The van der Waals surface area contributed by atoms with E-state index in [-0.39, 0.29) is 0 Å². The van der Waals surface area contributed by atoms with Gasteiger partial charge >= 0.3 is 0 Å². The zero-order valence-electron chi connectivity index (χ0n) is 13.7. The lowest BCUT2D eigenvalue weighted by Gasteiger charge is -2.11. The topological polar surface area (TPSA) is 36.8 Å². The molecule has 5 heteroatoms. The van der Waals surface area contributed by atoms with Gasteiger partial charge in [-0.25, -0.2) is 9.98 Å². The first-order valence-corrected chi connectivity index (χ1v) is 9.36. The molecule has 1 N–H and O–H groups in total. The van der Waals surface area contributed by atoms with Crippen LogP contribution in [0.4, 0.5) is 11.4 Å². The molecule has 4 rings (SSSR count). The maximum atomic E-state index is 6.03. The summed E-state index contributed by atoms with van der Waals surface area (Å²) in [7, 11) is 0. The molecule has 25 heavy (non-hydrogen) atoms. The molecule has 0 aliphatic carbocycles. The average molecular weight is 366 g/mol. The lowest BCUT2D eigenvalue weighted by atomic mass is 10.1. The van der Waals surface area contributed by atoms with Crippen molar-refractivity contribution in [3.05, 3.63) is 81.0 Å². The summed E-state index contributed by atoms with van der Waals surface area (Å²) in [6.07, 6.45) is 0.976. The van der Waals surface area contributed by atoms with Gasteiger partial charge in [-0.3, -0.25) is 0 Å². The Bertz CT molecular complexity index is 957. The van der Waals surface area contributed by atoms with Crippen molar-refractivity contribution < 1.29 is 0 Å². The predicted molar refractivity (Wildman–Crippen MR) is 108 cm³/mol. The van der Waals surface area contributed by atoms with E-state index in [4.69, 9.17) is 21.6 Å². The number of rotatable bonds is 3. The summed E-state index contributed by atoms with van der Waals surface area (Å²) < 4.78 is 0. The Kier molecular flexibility index (Phi) is 4.38. The fourth-order valence-electron chi connectivity index (χ4n) is 2.66. The SMILES string of the molecule is CCc1ccc2c(c1)NC(c1ccc(Cl)cc1)=NC(c1cccs1)=N2. The molecule has 0 spiro atoms. The van der Waals surface area contributed by atoms with Crippen LogP contribution in [0.5, 0.6) is 0 Å². The van der Waals surface area contributed by atoms with Crippen molar-refractivity contribution in [3.8, 4) is 0 Å². The predicted octanol–water partition coefficient (Wildman–Crippen LogP) is 5.91. The summed E-state index contributed by atoms with van der Waals surface area (Å²) in [6.45, 7) is 2.15. The van der Waals surface area contributed by atoms with E-state index in [2.05, 4.69) is 30.4 Å². The number of aliphatic imine (C=N–C) groups is 2. The van der Waals surface area contributed by atoms with Crippen LogP contribution < -0.4 is 5.32 Å². The minimum Gasteiger partial charge on any atom is -0.338 e. The molecule has 2 aromatic carbocycles. The molecule has 1 aromatic heterocycles. The highest BCUT2D eigenvalue weighted by atomic mass is 35.5. The molecular weight excluding hydrogens is 350 g/mol. The van der Waals surface area contributed by atoms with Crippen LogP contribution in [0.2, 0.25) is 5.02 Å². The van der Waals surface area contributed by atoms with Crippen LogP contribution in [-0.2, 0) is 6.42 Å². The molecule has 1 aliphatic rings. The Morgan fingerprint density at radius 1 is 1.04 bits per heavy atom. The van der Waals surface area contributed by atoms with E-state index in [0.29, 0.717) is 5.02 Å². The quantitative estimate of drug-likeness (QED) is 0.615. The Morgan fingerprint density at radius 2 is 1.88 bits per heavy atom. The molecular formula is C20H16ClN3S. The Balaban J connectivity index is 1.86. The molecule has 0 atom stereocenters. The third kappa shape index (κ3) is 3.36. The van der Waals surface area contributed by atoms with Crippen molar-refractivity contribution in [3.63, 3.8) is 0 Å². The second kappa shape index (κ2) is 6.82. The van der Waals surface area contributed by atoms with Crippen LogP contribution in [-0.4, -0.2) is 11.7 Å². The second-order valence-corrected chi connectivity index (χ2v) is 7.09. The molecule has 0 bridgehead atoms. The minimum atomic E-state index is 0.707. The van der Waals surface area contributed by atoms with E-state index in [1.54, 1.807) is 11.3 Å². The smallest absolute Gasteiger partial charge is 0.172 e. The zero-order chi connectivity index (χ0) is 17.2. The molecule has 0 saturated carbocycles. The van der Waals surface area contributed by atoms with E-state index in [1.807, 2.05) is 41.8 Å². The summed E-state index contributed by atoms with van der Waals surface area (Å²) in [5, 5.41) is 6.20. The fourth-order valence-corrected chi connectivity index (χ4v) is 3.45. The van der Waals surface area contributed by atoms with Gasteiger partial charge in [-0.1, -0.05) is 30.7 Å². The Labute approximate surface area is 155 Å². The van der Waals surface area contributed by atoms with E-state index in [1.165, 1.54) is 5.56 Å². The second-order valence-electron chi connectivity index (χ2n) is 5.71. The van der Waals surface area contributed by atoms with E-state index < -0.39 is 0 Å². The maximum absolute atomic E-state index is 6.03. The third-order valence-corrected chi connectivity index (χ3v) is 5.14. The number of thiophene rings is 1. The van der Waals surface area contributed by atoms with E-state index in [9.17, 15) is 0 Å². The lowest BCUT2D eigenvalue weighted by molar-refractivity contribution is 1.14. The minimum absolute atomic E-state index is 0.707. The molecule has 0 radical (unpaired) electrons. The van der Waals surface area contributed by atoms with Gasteiger partial charge in [0.15, 0.2) is 5.84 Å². The van der Waals surface area contributed by atoms with Crippen LogP contribution in [0.15, 0.2) is 70.0 Å². The number of halogens is 1. The average Bonchev–Trinajstić information content (AvgIpc) is 3.10. The van der Waals surface area contributed by atoms with Crippen molar-refractivity contribution in [1.29, 1.82) is 0 Å². The first-order valence-electron chi connectivity index (χ1n) is 8.10. The molecule has 0 fully saturated rings. The first kappa shape index (κ1) is 16.1. The summed E-state index contributed by atoms with van der Waals surface area (Å²) >= 11 is 7.66. The van der Waals surface area contributed by atoms with Crippen LogP contribution in [0, 0.1) is 0 Å². The number of aryl methyl sites for hydroxylation is 1. The van der Waals surface area contributed by atoms with Gasteiger partial charge in [0, 0.05) is 10.6 Å². The Hall–Kier alpha value is -2.43. The van der Waals surface area contributed by atoms with Crippen molar-refractivity contribution in [2.45, 2.75) is 13.3 Å². The molecule has 2 heterocycles. The standard InChI is InChI=1S/C20H16ClN3S/c1-2-13-5-10-16-17(12-13)23-19(14-6-8-15(21)9-7-14)24-20(22-16)18-4-3-11-25-18/h3-12H,2H2,1H3,(H,22,23,24). The fraction of sp³-hybridized carbons (Fsp3) is 0.100. The highest BCUT2D eigenvalue weighted by Crippen LogP contribution is 2.31. The Morgan fingerprint density at radius 3 is 2.60 bits per heavy atom. The highest BCUT2D eigenvalue weighted by Gasteiger charge is 2.16. The van der Waals surface area contributed by atoms with Gasteiger partial charge in [-0.2, -0.15) is 0 Å². The molecule has 0 saturated heterocycles. The highest BCUT2D eigenvalue weighted by molar-refractivity contribution is 7.12. The van der Waals surface area contributed by atoms with Crippen LogP contribution in [0.25, 0.3) is 0 Å². The van der Waals surface area contributed by atoms with Crippen molar-refractivity contribution in [2.75, 3.05) is 5.32 Å².